The molecule has 3 rings (SSSR count). The van der Waals surface area contributed by atoms with Crippen molar-refractivity contribution in [3.05, 3.63) is 30.9 Å². The second-order valence-corrected chi connectivity index (χ2v) is 5.91. The summed E-state index contributed by atoms with van der Waals surface area (Å²) in [5.41, 5.74) is 0.220. The van der Waals surface area contributed by atoms with Gasteiger partial charge in [0.05, 0.1) is 44.0 Å². The van der Waals surface area contributed by atoms with Gasteiger partial charge in [-0.1, -0.05) is 0 Å². The highest BCUT2D eigenvalue weighted by Gasteiger charge is 2.50. The Bertz CT molecular complexity index is 627. The number of amides is 3. The molecule has 0 unspecified atom stereocenters. The quantitative estimate of drug-likeness (QED) is 0.499. The molecule has 1 aliphatic rings. The van der Waals surface area contributed by atoms with E-state index in [1.807, 2.05) is 18.3 Å². The summed E-state index contributed by atoms with van der Waals surface area (Å²) in [6.45, 7) is 3.31. The van der Waals surface area contributed by atoms with Crippen molar-refractivity contribution in [3.63, 3.8) is 0 Å². The van der Waals surface area contributed by atoms with E-state index < -0.39 is 11.6 Å². The third kappa shape index (κ3) is 2.55. The first-order chi connectivity index (χ1) is 9.35. The maximum atomic E-state index is 11.2. The number of urea groups is 1. The summed E-state index contributed by atoms with van der Waals surface area (Å²) < 4.78 is 3.88. The minimum Gasteiger partial charge on any atom is -0.271 e. The van der Waals surface area contributed by atoms with E-state index in [4.69, 9.17) is 0 Å². The molecular weight excluding hydrogens is 394 g/mol. The molecule has 2 aromatic rings. The summed E-state index contributed by atoms with van der Waals surface area (Å²) in [5, 5.41) is 3.95. The van der Waals surface area contributed by atoms with Gasteiger partial charge in [0.2, 0.25) is 0 Å². The van der Waals surface area contributed by atoms with E-state index in [-0.39, 0.29) is 5.91 Å². The molecule has 1 aliphatic heterocycles. The molecule has 3 amide bonds. The monoisotopic (exact) mass is 403 g/mol. The minimum atomic E-state index is -0.805. The third-order valence-corrected chi connectivity index (χ3v) is 4.55. The molecule has 0 atom stereocenters. The van der Waals surface area contributed by atoms with Crippen LogP contribution in [-0.2, 0) is 4.79 Å². The van der Waals surface area contributed by atoms with Crippen LogP contribution in [0, 0.1) is 0 Å². The van der Waals surface area contributed by atoms with Gasteiger partial charge < -0.3 is 0 Å². The number of fused-ring (bicyclic) bond motifs is 1. The van der Waals surface area contributed by atoms with E-state index in [2.05, 4.69) is 42.4 Å². The van der Waals surface area contributed by atoms with Crippen molar-refractivity contribution in [2.75, 3.05) is 0 Å². The Morgan fingerprint density at radius 3 is 2.40 bits per heavy atom. The summed E-state index contributed by atoms with van der Waals surface area (Å²) >= 11 is 5.84. The first kappa shape index (κ1) is 14.9. The summed E-state index contributed by atoms with van der Waals surface area (Å²) in [4.78, 5) is 26.2. The Morgan fingerprint density at radius 1 is 1.25 bits per heavy atom. The fourth-order valence-electron chi connectivity index (χ4n) is 1.52. The van der Waals surface area contributed by atoms with E-state index in [1.54, 1.807) is 24.6 Å². The number of aromatic nitrogens is 3. The van der Waals surface area contributed by atoms with Crippen molar-refractivity contribution in [3.8, 4) is 0 Å². The van der Waals surface area contributed by atoms with Gasteiger partial charge in [0.25, 0.3) is 5.91 Å². The first-order valence-corrected chi connectivity index (χ1v) is 7.01. The largest absolute Gasteiger partial charge is 0.348 e. The molecule has 0 N–H and O–H groups in total. The van der Waals surface area contributed by atoms with E-state index in [0.29, 0.717) is 0 Å². The van der Waals surface area contributed by atoms with Gasteiger partial charge in [0.1, 0.15) is 11.9 Å². The van der Waals surface area contributed by atoms with Crippen LogP contribution in [0.25, 0.3) is 5.52 Å². The number of rotatable bonds is 0. The molecule has 2 aromatic heterocycles. The van der Waals surface area contributed by atoms with Gasteiger partial charge in [0.15, 0.2) is 0 Å². The fraction of sp³-hybridized carbons (Fsp3) is 0.273. The van der Waals surface area contributed by atoms with Crippen molar-refractivity contribution in [2.24, 2.45) is 0 Å². The number of imide groups is 1. The molecule has 20 heavy (non-hydrogen) atoms. The van der Waals surface area contributed by atoms with Crippen molar-refractivity contribution < 1.29 is 9.59 Å². The molecule has 9 heteroatoms. The lowest BCUT2D eigenvalue weighted by Crippen LogP contribution is -2.37. The SMILES string of the molecule is CC1(C)C(=O)N(Br)C(=O)N1Br.c1cc2cncnn2c1. The van der Waals surface area contributed by atoms with Crippen LogP contribution in [0.1, 0.15) is 13.8 Å². The zero-order chi connectivity index (χ0) is 14.9. The van der Waals surface area contributed by atoms with Crippen LogP contribution in [0.2, 0.25) is 0 Å². The molecule has 0 aromatic carbocycles. The van der Waals surface area contributed by atoms with Crippen molar-refractivity contribution >= 4 is 49.7 Å². The van der Waals surface area contributed by atoms with E-state index in [0.717, 1.165) is 9.44 Å². The maximum absolute atomic E-state index is 11.2. The Hall–Kier alpha value is -1.48. The normalized spacial score (nSPS) is 17.4. The molecule has 1 fully saturated rings. The van der Waals surface area contributed by atoms with Gasteiger partial charge in [-0.25, -0.2) is 18.2 Å². The summed E-state index contributed by atoms with van der Waals surface area (Å²) in [7, 11) is 0. The predicted molar refractivity (Wildman–Crippen MR) is 79.0 cm³/mol. The number of hydrogen-bond donors (Lipinski definition) is 0. The molecule has 0 spiro atoms. The number of carbonyl (C=O) groups excluding carboxylic acids is 2. The molecular formula is C11H11Br2N5O2. The topological polar surface area (TPSA) is 70.8 Å². The van der Waals surface area contributed by atoms with Crippen molar-refractivity contribution in [2.45, 2.75) is 19.4 Å². The van der Waals surface area contributed by atoms with Crippen molar-refractivity contribution in [1.29, 1.82) is 0 Å². The summed E-state index contributed by atoms with van der Waals surface area (Å²) in [6.07, 6.45) is 5.18. The molecule has 7 nitrogen and oxygen atoms in total. The van der Waals surface area contributed by atoms with Crippen LogP contribution in [0.15, 0.2) is 30.9 Å². The zero-order valence-electron chi connectivity index (χ0n) is 10.7. The Morgan fingerprint density at radius 2 is 1.95 bits per heavy atom. The molecule has 0 radical (unpaired) electrons. The average molecular weight is 405 g/mol. The highest BCUT2D eigenvalue weighted by atomic mass is 79.9. The van der Waals surface area contributed by atoms with Gasteiger partial charge in [0, 0.05) is 6.20 Å². The lowest BCUT2D eigenvalue weighted by atomic mass is 10.1. The van der Waals surface area contributed by atoms with Gasteiger partial charge in [-0.2, -0.15) is 9.02 Å². The Balaban J connectivity index is 0.000000149. The van der Waals surface area contributed by atoms with Crippen LogP contribution in [0.4, 0.5) is 4.79 Å². The first-order valence-electron chi connectivity index (χ1n) is 5.59. The second kappa shape index (κ2) is 5.49. The Labute approximate surface area is 132 Å². The van der Waals surface area contributed by atoms with E-state index in [1.165, 1.54) is 10.3 Å². The average Bonchev–Trinajstić information content (AvgIpc) is 2.96. The molecule has 0 saturated carbocycles. The molecule has 1 saturated heterocycles. The lowest BCUT2D eigenvalue weighted by Gasteiger charge is -2.19. The standard InChI is InChI=1S/C6H5N3.C5H6Br2N2O2/c1-2-6-4-7-5-8-9(6)3-1;1-5(2)3(10)8(6)4(11)9(5)7/h1-5H;1-2H3. The smallest absolute Gasteiger partial charge is 0.271 e. The van der Waals surface area contributed by atoms with Gasteiger partial charge in [-0.15, -0.1) is 0 Å². The maximum Gasteiger partial charge on any atom is 0.348 e. The summed E-state index contributed by atoms with van der Waals surface area (Å²) in [6, 6.07) is 3.49. The molecule has 0 aliphatic carbocycles. The summed E-state index contributed by atoms with van der Waals surface area (Å²) in [5.74, 6) is -0.278. The number of halogens is 2. The number of carbonyl (C=O) groups is 2. The lowest BCUT2D eigenvalue weighted by molar-refractivity contribution is -0.127. The highest BCUT2D eigenvalue weighted by molar-refractivity contribution is 9.08. The molecule has 0 bridgehead atoms. The molecule has 3 heterocycles. The zero-order valence-corrected chi connectivity index (χ0v) is 13.9. The van der Waals surface area contributed by atoms with Crippen LogP contribution < -0.4 is 0 Å². The molecule has 106 valence electrons. The van der Waals surface area contributed by atoms with Gasteiger partial charge in [-0.3, -0.25) is 4.79 Å². The van der Waals surface area contributed by atoms with Crippen molar-refractivity contribution in [1.82, 2.24) is 22.5 Å². The van der Waals surface area contributed by atoms with Gasteiger partial charge >= 0.3 is 6.03 Å². The Kier molecular flexibility index (Phi) is 4.09. The van der Waals surface area contributed by atoms with E-state index >= 15 is 0 Å². The van der Waals surface area contributed by atoms with Crippen LogP contribution in [-0.4, -0.2) is 39.9 Å². The van der Waals surface area contributed by atoms with Crippen LogP contribution in [0.5, 0.6) is 0 Å². The third-order valence-electron chi connectivity index (χ3n) is 2.74. The van der Waals surface area contributed by atoms with Gasteiger partial charge in [-0.05, 0) is 26.0 Å². The van der Waals surface area contributed by atoms with Crippen LogP contribution in [0.3, 0.4) is 0 Å². The van der Waals surface area contributed by atoms with Crippen LogP contribution >= 0.6 is 32.3 Å². The van der Waals surface area contributed by atoms with E-state index in [9.17, 15) is 9.59 Å². The minimum absolute atomic E-state index is 0.278. The number of hydrogen-bond acceptors (Lipinski definition) is 4. The fourth-order valence-corrected chi connectivity index (χ4v) is 2.63. The number of nitrogens with zero attached hydrogens (tertiary/aromatic N) is 5. The second-order valence-electron chi connectivity index (χ2n) is 4.50. The predicted octanol–water partition coefficient (Wildman–Crippen LogP) is 2.38. The highest BCUT2D eigenvalue weighted by Crippen LogP contribution is 2.32.